The number of carbonyl (C=O) groups is 1. The molecule has 1 aliphatic carbocycles. The number of ether oxygens (including phenoxy) is 1. The Morgan fingerprint density at radius 1 is 1.53 bits per heavy atom. The normalized spacial score (nSPS) is 35.9. The minimum absolute atomic E-state index is 0.115. The molecule has 0 aromatic heterocycles. The van der Waals surface area contributed by atoms with Crippen molar-refractivity contribution in [1.29, 1.82) is 5.26 Å². The maximum Gasteiger partial charge on any atom is 0.224 e. The molecule has 0 aromatic carbocycles. The Hall–Kier alpha value is -1.08. The third-order valence-corrected chi connectivity index (χ3v) is 3.46. The smallest absolute Gasteiger partial charge is 0.224 e. The van der Waals surface area contributed by atoms with Crippen LogP contribution in [-0.4, -0.2) is 36.6 Å². The van der Waals surface area contributed by atoms with Crippen LogP contribution in [0.25, 0.3) is 0 Å². The first-order chi connectivity index (χ1) is 7.26. The lowest BCUT2D eigenvalue weighted by Crippen LogP contribution is -2.42. The van der Waals surface area contributed by atoms with Gasteiger partial charge in [0, 0.05) is 20.1 Å². The molecule has 1 saturated carbocycles. The van der Waals surface area contributed by atoms with E-state index in [0.717, 1.165) is 19.3 Å². The molecule has 2 fully saturated rings. The largest absolute Gasteiger partial charge is 0.379 e. The van der Waals surface area contributed by atoms with E-state index < -0.39 is 0 Å². The maximum absolute atomic E-state index is 11.7. The lowest BCUT2D eigenvalue weighted by Gasteiger charge is -2.28. The Morgan fingerprint density at radius 3 is 2.93 bits per heavy atom. The number of amides is 1. The van der Waals surface area contributed by atoms with Crippen LogP contribution in [0.1, 0.15) is 25.7 Å². The number of carbonyl (C=O) groups excluding carboxylic acids is 1. The van der Waals surface area contributed by atoms with E-state index in [1.54, 1.807) is 7.11 Å². The molecule has 1 heterocycles. The Balaban J connectivity index is 2.05. The molecule has 3 unspecified atom stereocenters. The summed E-state index contributed by atoms with van der Waals surface area (Å²) in [5.41, 5.74) is 0. The van der Waals surface area contributed by atoms with Gasteiger partial charge in [0.15, 0.2) is 0 Å². The molecule has 15 heavy (non-hydrogen) atoms. The SMILES string of the molecule is COC1CCCC1N1CC(C#N)CC1=O. The Bertz CT molecular complexity index is 297. The molecule has 2 aliphatic rings. The van der Waals surface area contributed by atoms with Gasteiger partial charge in [0.05, 0.1) is 24.1 Å². The van der Waals surface area contributed by atoms with Gasteiger partial charge in [0.1, 0.15) is 0 Å². The Labute approximate surface area is 89.8 Å². The van der Waals surface area contributed by atoms with Crippen LogP contribution in [0.5, 0.6) is 0 Å². The van der Waals surface area contributed by atoms with Crippen molar-refractivity contribution >= 4 is 5.91 Å². The average molecular weight is 208 g/mol. The van der Waals surface area contributed by atoms with Gasteiger partial charge in [-0.05, 0) is 19.3 Å². The highest BCUT2D eigenvalue weighted by molar-refractivity contribution is 5.79. The van der Waals surface area contributed by atoms with Crippen molar-refractivity contribution < 1.29 is 9.53 Å². The second-order valence-electron chi connectivity index (χ2n) is 4.35. The first kappa shape index (κ1) is 10.4. The van der Waals surface area contributed by atoms with Gasteiger partial charge in [-0.2, -0.15) is 5.26 Å². The topological polar surface area (TPSA) is 53.3 Å². The lowest BCUT2D eigenvalue weighted by atomic mass is 10.1. The quantitative estimate of drug-likeness (QED) is 0.678. The molecular formula is C11H16N2O2. The van der Waals surface area contributed by atoms with E-state index in [0.29, 0.717) is 13.0 Å². The summed E-state index contributed by atoms with van der Waals surface area (Å²) in [6, 6.07) is 2.39. The molecule has 4 heteroatoms. The standard InChI is InChI=1S/C11H16N2O2/c1-15-10-4-2-3-9(10)13-7-8(6-12)5-11(13)14/h8-10H,2-5,7H2,1H3. The molecule has 1 amide bonds. The van der Waals surface area contributed by atoms with Crippen LogP contribution in [-0.2, 0) is 9.53 Å². The zero-order valence-electron chi connectivity index (χ0n) is 8.98. The molecule has 0 aromatic rings. The fourth-order valence-corrected chi connectivity index (χ4v) is 2.68. The van der Waals surface area contributed by atoms with Crippen LogP contribution in [0.4, 0.5) is 0 Å². The van der Waals surface area contributed by atoms with Crippen molar-refractivity contribution in [2.75, 3.05) is 13.7 Å². The number of rotatable bonds is 2. The first-order valence-electron chi connectivity index (χ1n) is 5.48. The summed E-state index contributed by atoms with van der Waals surface area (Å²) in [4.78, 5) is 13.6. The highest BCUT2D eigenvalue weighted by Crippen LogP contribution is 2.30. The van der Waals surface area contributed by atoms with E-state index in [9.17, 15) is 4.79 Å². The summed E-state index contributed by atoms with van der Waals surface area (Å²) < 4.78 is 5.38. The summed E-state index contributed by atoms with van der Waals surface area (Å²) >= 11 is 0. The molecule has 4 nitrogen and oxygen atoms in total. The lowest BCUT2D eigenvalue weighted by molar-refractivity contribution is -0.131. The van der Waals surface area contributed by atoms with E-state index in [1.165, 1.54) is 0 Å². The van der Waals surface area contributed by atoms with Gasteiger partial charge in [-0.15, -0.1) is 0 Å². The molecule has 1 saturated heterocycles. The predicted octanol–water partition coefficient (Wildman–Crippen LogP) is 0.926. The average Bonchev–Trinajstić information content (AvgIpc) is 2.82. The fraction of sp³-hybridized carbons (Fsp3) is 0.818. The summed E-state index contributed by atoms with van der Waals surface area (Å²) in [5.74, 6) is 0.00565. The van der Waals surface area contributed by atoms with Crippen LogP contribution < -0.4 is 0 Å². The van der Waals surface area contributed by atoms with Gasteiger partial charge < -0.3 is 9.64 Å². The summed E-state index contributed by atoms with van der Waals surface area (Å²) in [6.45, 7) is 0.597. The zero-order chi connectivity index (χ0) is 10.8. The second kappa shape index (κ2) is 4.19. The monoisotopic (exact) mass is 208 g/mol. The second-order valence-corrected chi connectivity index (χ2v) is 4.35. The number of nitriles is 1. The van der Waals surface area contributed by atoms with Crippen molar-refractivity contribution in [3.8, 4) is 6.07 Å². The fourth-order valence-electron chi connectivity index (χ4n) is 2.68. The Morgan fingerprint density at radius 2 is 2.33 bits per heavy atom. The molecule has 0 spiro atoms. The van der Waals surface area contributed by atoms with Crippen molar-refractivity contribution in [3.63, 3.8) is 0 Å². The minimum Gasteiger partial charge on any atom is -0.379 e. The van der Waals surface area contributed by atoms with Crippen molar-refractivity contribution in [2.45, 2.75) is 37.8 Å². The number of hydrogen-bond acceptors (Lipinski definition) is 3. The van der Waals surface area contributed by atoms with Gasteiger partial charge in [0.2, 0.25) is 5.91 Å². The molecule has 0 bridgehead atoms. The van der Waals surface area contributed by atoms with Crippen molar-refractivity contribution in [2.24, 2.45) is 5.92 Å². The van der Waals surface area contributed by atoms with Crippen LogP contribution >= 0.6 is 0 Å². The third kappa shape index (κ3) is 1.84. The van der Waals surface area contributed by atoms with E-state index in [2.05, 4.69) is 6.07 Å². The zero-order valence-corrected chi connectivity index (χ0v) is 8.98. The van der Waals surface area contributed by atoms with E-state index >= 15 is 0 Å². The maximum atomic E-state index is 11.7. The molecule has 1 aliphatic heterocycles. The van der Waals surface area contributed by atoms with Crippen molar-refractivity contribution in [1.82, 2.24) is 4.90 Å². The van der Waals surface area contributed by atoms with Crippen LogP contribution in [0, 0.1) is 17.2 Å². The summed E-state index contributed by atoms with van der Waals surface area (Å²) in [5, 5.41) is 8.81. The third-order valence-electron chi connectivity index (χ3n) is 3.46. The number of methoxy groups -OCH3 is 1. The van der Waals surface area contributed by atoms with Gasteiger partial charge in [-0.1, -0.05) is 0 Å². The molecule has 3 atom stereocenters. The highest BCUT2D eigenvalue weighted by Gasteiger charge is 2.40. The number of nitrogens with zero attached hydrogens (tertiary/aromatic N) is 2. The minimum atomic E-state index is -0.115. The summed E-state index contributed by atoms with van der Waals surface area (Å²) in [7, 11) is 1.70. The van der Waals surface area contributed by atoms with Crippen LogP contribution in [0.2, 0.25) is 0 Å². The molecule has 0 N–H and O–H groups in total. The molecule has 2 rings (SSSR count). The van der Waals surface area contributed by atoms with Crippen LogP contribution in [0.3, 0.4) is 0 Å². The van der Waals surface area contributed by atoms with Gasteiger partial charge in [-0.3, -0.25) is 4.79 Å². The van der Waals surface area contributed by atoms with E-state index in [-0.39, 0.29) is 24.0 Å². The molecule has 0 radical (unpaired) electrons. The highest BCUT2D eigenvalue weighted by atomic mass is 16.5. The summed E-state index contributed by atoms with van der Waals surface area (Å²) in [6.07, 6.45) is 3.73. The predicted molar refractivity (Wildman–Crippen MR) is 53.9 cm³/mol. The van der Waals surface area contributed by atoms with Gasteiger partial charge in [-0.25, -0.2) is 0 Å². The number of hydrogen-bond donors (Lipinski definition) is 0. The van der Waals surface area contributed by atoms with Crippen molar-refractivity contribution in [3.05, 3.63) is 0 Å². The van der Waals surface area contributed by atoms with E-state index in [4.69, 9.17) is 10.00 Å². The van der Waals surface area contributed by atoms with Gasteiger partial charge >= 0.3 is 0 Å². The molecule has 82 valence electrons. The first-order valence-corrected chi connectivity index (χ1v) is 5.48. The van der Waals surface area contributed by atoms with Gasteiger partial charge in [0.25, 0.3) is 0 Å². The molecular weight excluding hydrogens is 192 g/mol. The van der Waals surface area contributed by atoms with E-state index in [1.807, 2.05) is 4.90 Å². The Kier molecular flexibility index (Phi) is 2.92. The number of likely N-dealkylation sites (tertiary alicyclic amines) is 1. The van der Waals surface area contributed by atoms with Crippen LogP contribution in [0.15, 0.2) is 0 Å².